The number of nitrogens with two attached hydrogens (primary N) is 1. The molecule has 0 aromatic heterocycles. The lowest BCUT2D eigenvalue weighted by Gasteiger charge is -2.32. The van der Waals surface area contributed by atoms with E-state index in [9.17, 15) is 9.90 Å². The van der Waals surface area contributed by atoms with Crippen molar-refractivity contribution in [3.8, 4) is 11.5 Å². The Bertz CT molecular complexity index is 647. The second-order valence-electron chi connectivity index (χ2n) is 5.73. The standard InChI is InChI=1S/C15H20N4O4/c1-9(17-18-15(16)21)2-3-19-6-10-4-13-14(23-8-22-13)5-11(10)12(20)7-19/h4-5,12,20H,2-3,6-8H2,1H3,(H3,16,18,21)/b17-9+. The summed E-state index contributed by atoms with van der Waals surface area (Å²) in [4.78, 5) is 12.8. The maximum absolute atomic E-state index is 10.6. The monoisotopic (exact) mass is 320 g/mol. The summed E-state index contributed by atoms with van der Waals surface area (Å²) in [6.45, 7) is 4.03. The van der Waals surface area contributed by atoms with Crippen LogP contribution in [0.5, 0.6) is 11.5 Å². The Kier molecular flexibility index (Phi) is 4.35. The van der Waals surface area contributed by atoms with Crippen molar-refractivity contribution < 1.29 is 19.4 Å². The van der Waals surface area contributed by atoms with Gasteiger partial charge in [0, 0.05) is 25.3 Å². The van der Waals surface area contributed by atoms with Gasteiger partial charge in [0.2, 0.25) is 6.79 Å². The molecule has 1 aromatic carbocycles. The molecular formula is C15H20N4O4. The highest BCUT2D eigenvalue weighted by molar-refractivity contribution is 5.83. The summed E-state index contributed by atoms with van der Waals surface area (Å²) in [7, 11) is 0. The second-order valence-corrected chi connectivity index (χ2v) is 5.73. The zero-order chi connectivity index (χ0) is 16.4. The van der Waals surface area contributed by atoms with Gasteiger partial charge < -0.3 is 20.3 Å². The Morgan fingerprint density at radius 3 is 2.96 bits per heavy atom. The van der Waals surface area contributed by atoms with Gasteiger partial charge in [-0.1, -0.05) is 0 Å². The number of benzene rings is 1. The molecule has 3 rings (SSSR count). The molecule has 1 unspecified atom stereocenters. The second kappa shape index (κ2) is 6.43. The number of primary amides is 1. The number of aliphatic hydroxyl groups excluding tert-OH is 1. The summed E-state index contributed by atoms with van der Waals surface area (Å²) in [5, 5.41) is 14.2. The smallest absolute Gasteiger partial charge is 0.332 e. The SMILES string of the molecule is C/C(CCN1Cc2cc3c(cc2C(O)C1)OCO3)=N\NC(N)=O. The first-order valence-electron chi connectivity index (χ1n) is 7.44. The minimum atomic E-state index is -0.678. The Balaban J connectivity index is 1.64. The Hall–Kier alpha value is -2.32. The summed E-state index contributed by atoms with van der Waals surface area (Å²) in [6, 6.07) is 3.12. The molecule has 124 valence electrons. The van der Waals surface area contributed by atoms with Crippen LogP contribution in [0.1, 0.15) is 30.6 Å². The summed E-state index contributed by atoms with van der Waals surface area (Å²) >= 11 is 0. The number of aliphatic hydroxyl groups is 1. The van der Waals surface area contributed by atoms with Crippen LogP contribution in [-0.2, 0) is 6.54 Å². The maximum Gasteiger partial charge on any atom is 0.332 e. The first kappa shape index (κ1) is 15.6. The minimum absolute atomic E-state index is 0.223. The van der Waals surface area contributed by atoms with Crippen LogP contribution in [0.15, 0.2) is 17.2 Å². The van der Waals surface area contributed by atoms with Crippen LogP contribution in [0.25, 0.3) is 0 Å². The van der Waals surface area contributed by atoms with Crippen molar-refractivity contribution >= 4 is 11.7 Å². The number of amides is 2. The first-order valence-corrected chi connectivity index (χ1v) is 7.44. The fourth-order valence-electron chi connectivity index (χ4n) is 2.79. The summed E-state index contributed by atoms with van der Waals surface area (Å²) in [5.74, 6) is 1.41. The molecule has 0 radical (unpaired) electrons. The van der Waals surface area contributed by atoms with Crippen molar-refractivity contribution in [2.45, 2.75) is 26.0 Å². The van der Waals surface area contributed by atoms with E-state index < -0.39 is 12.1 Å². The van der Waals surface area contributed by atoms with Crippen LogP contribution >= 0.6 is 0 Å². The summed E-state index contributed by atoms with van der Waals surface area (Å²) < 4.78 is 10.8. The van der Waals surface area contributed by atoms with Gasteiger partial charge in [-0.25, -0.2) is 10.2 Å². The molecule has 0 spiro atoms. The van der Waals surface area contributed by atoms with Gasteiger partial charge in [0.15, 0.2) is 11.5 Å². The minimum Gasteiger partial charge on any atom is -0.454 e. The van der Waals surface area contributed by atoms with Crippen LogP contribution in [0, 0.1) is 0 Å². The van der Waals surface area contributed by atoms with E-state index >= 15 is 0 Å². The molecule has 0 saturated heterocycles. The van der Waals surface area contributed by atoms with Gasteiger partial charge in [-0.2, -0.15) is 5.10 Å². The van der Waals surface area contributed by atoms with Crippen LogP contribution in [0.2, 0.25) is 0 Å². The molecule has 0 bridgehead atoms. The Morgan fingerprint density at radius 2 is 2.22 bits per heavy atom. The number of carbonyl (C=O) groups is 1. The normalized spacial score (nSPS) is 20.3. The zero-order valence-corrected chi connectivity index (χ0v) is 12.9. The van der Waals surface area contributed by atoms with Crippen LogP contribution in [-0.4, -0.2) is 41.6 Å². The number of nitrogens with one attached hydrogen (secondary N) is 1. The third-order valence-corrected chi connectivity index (χ3v) is 3.97. The topological polar surface area (TPSA) is 109 Å². The van der Waals surface area contributed by atoms with E-state index in [0.29, 0.717) is 18.7 Å². The lowest BCUT2D eigenvalue weighted by molar-refractivity contribution is 0.0939. The third kappa shape index (κ3) is 3.54. The number of hydrazone groups is 1. The fraction of sp³-hybridized carbons (Fsp3) is 0.467. The molecule has 2 aliphatic rings. The lowest BCUT2D eigenvalue weighted by atomic mass is 9.96. The summed E-state index contributed by atoms with van der Waals surface area (Å²) in [5.41, 5.74) is 9.89. The zero-order valence-electron chi connectivity index (χ0n) is 12.9. The quantitative estimate of drug-likeness (QED) is 0.559. The molecule has 1 atom stereocenters. The van der Waals surface area contributed by atoms with Gasteiger partial charge in [-0.05, 0) is 36.6 Å². The molecular weight excluding hydrogens is 300 g/mol. The number of rotatable bonds is 4. The molecule has 8 heteroatoms. The van der Waals surface area contributed by atoms with Gasteiger partial charge in [0.25, 0.3) is 0 Å². The molecule has 0 saturated carbocycles. The van der Waals surface area contributed by atoms with Gasteiger partial charge in [-0.3, -0.25) is 4.90 Å². The van der Waals surface area contributed by atoms with E-state index in [4.69, 9.17) is 15.2 Å². The number of urea groups is 1. The molecule has 2 heterocycles. The van der Waals surface area contributed by atoms with E-state index in [2.05, 4.69) is 15.4 Å². The molecule has 0 aliphatic carbocycles. The average Bonchev–Trinajstić information content (AvgIpc) is 2.96. The van der Waals surface area contributed by atoms with E-state index in [-0.39, 0.29) is 6.79 Å². The van der Waals surface area contributed by atoms with E-state index in [1.807, 2.05) is 19.1 Å². The number of hydrogen-bond donors (Lipinski definition) is 3. The molecule has 1 aromatic rings. The molecule has 23 heavy (non-hydrogen) atoms. The predicted octanol–water partition coefficient (Wildman–Crippen LogP) is 0.699. The van der Waals surface area contributed by atoms with Crippen molar-refractivity contribution in [1.82, 2.24) is 10.3 Å². The van der Waals surface area contributed by atoms with Crippen molar-refractivity contribution in [3.63, 3.8) is 0 Å². The van der Waals surface area contributed by atoms with Gasteiger partial charge in [-0.15, -0.1) is 0 Å². The highest BCUT2D eigenvalue weighted by atomic mass is 16.7. The van der Waals surface area contributed by atoms with Crippen molar-refractivity contribution in [1.29, 1.82) is 0 Å². The van der Waals surface area contributed by atoms with E-state index in [1.54, 1.807) is 0 Å². The van der Waals surface area contributed by atoms with E-state index in [1.165, 1.54) is 0 Å². The molecule has 0 fully saturated rings. The van der Waals surface area contributed by atoms with Crippen molar-refractivity contribution in [3.05, 3.63) is 23.3 Å². The third-order valence-electron chi connectivity index (χ3n) is 3.97. The average molecular weight is 320 g/mol. The Morgan fingerprint density at radius 1 is 1.48 bits per heavy atom. The molecule has 4 N–H and O–H groups in total. The highest BCUT2D eigenvalue weighted by Crippen LogP contribution is 2.39. The number of β-amino-alcohol motifs (C(OH)–C–C–N with tert-alkyl or cyclic N) is 1. The highest BCUT2D eigenvalue weighted by Gasteiger charge is 2.27. The maximum atomic E-state index is 10.6. The van der Waals surface area contributed by atoms with E-state index in [0.717, 1.165) is 35.7 Å². The number of hydrogen-bond acceptors (Lipinski definition) is 6. The lowest BCUT2D eigenvalue weighted by Crippen LogP contribution is -2.35. The van der Waals surface area contributed by atoms with Crippen molar-refractivity contribution in [2.24, 2.45) is 10.8 Å². The molecule has 8 nitrogen and oxygen atoms in total. The van der Waals surface area contributed by atoms with Gasteiger partial charge in [0.1, 0.15) is 0 Å². The Labute approximate surface area is 133 Å². The van der Waals surface area contributed by atoms with Gasteiger partial charge in [0.05, 0.1) is 6.10 Å². The number of fused-ring (bicyclic) bond motifs is 2. The molecule has 2 aliphatic heterocycles. The first-order chi connectivity index (χ1) is 11.0. The van der Waals surface area contributed by atoms with Crippen LogP contribution < -0.4 is 20.6 Å². The number of carbonyl (C=O) groups excluding carboxylic acids is 1. The van der Waals surface area contributed by atoms with Gasteiger partial charge >= 0.3 is 6.03 Å². The van der Waals surface area contributed by atoms with Crippen molar-refractivity contribution in [2.75, 3.05) is 19.9 Å². The van der Waals surface area contributed by atoms with Crippen LogP contribution in [0.3, 0.4) is 0 Å². The molecule has 2 amide bonds. The number of nitrogens with zero attached hydrogens (tertiary/aromatic N) is 2. The largest absolute Gasteiger partial charge is 0.454 e. The summed E-state index contributed by atoms with van der Waals surface area (Å²) in [6.07, 6.45) is 0.113. The predicted molar refractivity (Wildman–Crippen MR) is 83.2 cm³/mol. The number of ether oxygens (including phenoxy) is 2. The van der Waals surface area contributed by atoms with Crippen LogP contribution in [0.4, 0.5) is 4.79 Å². The fourth-order valence-corrected chi connectivity index (χ4v) is 2.79.